The monoisotopic (exact) mass is 308 g/mol. The number of hydrogen-bond donors (Lipinski definition) is 1. The van der Waals surface area contributed by atoms with Crippen LogP contribution in [-0.2, 0) is 16.0 Å². The molecule has 0 aliphatic heterocycles. The van der Waals surface area contributed by atoms with Gasteiger partial charge in [0.05, 0.1) is 11.0 Å². The lowest BCUT2D eigenvalue weighted by atomic mass is 9.61. The summed E-state index contributed by atoms with van der Waals surface area (Å²) < 4.78 is 0. The summed E-state index contributed by atoms with van der Waals surface area (Å²) in [6, 6.07) is 14.2. The Kier molecular flexibility index (Phi) is 3.17. The van der Waals surface area contributed by atoms with Crippen molar-refractivity contribution in [2.45, 2.75) is 44.1 Å². The van der Waals surface area contributed by atoms with Gasteiger partial charge in [-0.15, -0.1) is 0 Å². The van der Waals surface area contributed by atoms with Gasteiger partial charge in [0, 0.05) is 19.3 Å². The van der Waals surface area contributed by atoms with Gasteiger partial charge in [-0.1, -0.05) is 42.5 Å². The van der Waals surface area contributed by atoms with Crippen LogP contribution in [0, 0.1) is 5.41 Å². The average Bonchev–Trinajstić information content (AvgIpc) is 2.80. The van der Waals surface area contributed by atoms with Crippen molar-refractivity contribution in [1.82, 2.24) is 0 Å². The molecule has 0 radical (unpaired) electrons. The first-order valence-corrected chi connectivity index (χ1v) is 8.28. The summed E-state index contributed by atoms with van der Waals surface area (Å²) in [4.78, 5) is 24.6. The van der Waals surface area contributed by atoms with Gasteiger partial charge >= 0.3 is 0 Å². The number of benzene rings is 2. The van der Waals surface area contributed by atoms with Gasteiger partial charge in [0.15, 0.2) is 0 Å². The second kappa shape index (κ2) is 5.00. The highest BCUT2D eigenvalue weighted by Crippen LogP contribution is 2.54. The SMILES string of the molecule is O=C1CC[C@]2(Cc3cccc4ccccc34)C(=O)CC[C@]2(O)C1. The maximum absolute atomic E-state index is 12.7. The fourth-order valence-corrected chi connectivity index (χ4v) is 4.58. The third-order valence-corrected chi connectivity index (χ3v) is 5.88. The molecule has 2 fully saturated rings. The van der Waals surface area contributed by atoms with Crippen LogP contribution in [0.1, 0.15) is 37.7 Å². The van der Waals surface area contributed by atoms with E-state index in [1.54, 1.807) is 0 Å². The van der Waals surface area contributed by atoms with Gasteiger partial charge in [0.2, 0.25) is 0 Å². The van der Waals surface area contributed by atoms with Gasteiger partial charge in [0.25, 0.3) is 0 Å². The molecule has 2 aromatic rings. The Hall–Kier alpha value is -2.00. The summed E-state index contributed by atoms with van der Waals surface area (Å²) in [6.07, 6.45) is 2.33. The minimum atomic E-state index is -1.16. The molecule has 2 atom stereocenters. The van der Waals surface area contributed by atoms with Crippen LogP contribution in [0.15, 0.2) is 42.5 Å². The predicted octanol–water partition coefficient (Wildman–Crippen LogP) is 3.22. The van der Waals surface area contributed by atoms with Crippen LogP contribution in [0.2, 0.25) is 0 Å². The predicted molar refractivity (Wildman–Crippen MR) is 88.1 cm³/mol. The fraction of sp³-hybridized carbons (Fsp3) is 0.400. The van der Waals surface area contributed by atoms with Crippen molar-refractivity contribution in [2.24, 2.45) is 5.41 Å². The molecule has 0 amide bonds. The van der Waals surface area contributed by atoms with Gasteiger partial charge in [-0.05, 0) is 35.6 Å². The Labute approximate surface area is 135 Å². The molecule has 118 valence electrons. The van der Waals surface area contributed by atoms with E-state index in [1.807, 2.05) is 24.3 Å². The minimum absolute atomic E-state index is 0.0794. The first kappa shape index (κ1) is 14.6. The van der Waals surface area contributed by atoms with E-state index in [2.05, 4.69) is 18.2 Å². The number of fused-ring (bicyclic) bond motifs is 2. The van der Waals surface area contributed by atoms with Crippen molar-refractivity contribution in [1.29, 1.82) is 0 Å². The molecule has 2 aliphatic carbocycles. The third kappa shape index (κ3) is 2.07. The first-order chi connectivity index (χ1) is 11.0. The summed E-state index contributed by atoms with van der Waals surface area (Å²) in [6.45, 7) is 0. The molecule has 0 aromatic heterocycles. The van der Waals surface area contributed by atoms with E-state index >= 15 is 0 Å². The second-order valence-electron chi connectivity index (χ2n) is 7.07. The molecule has 4 rings (SSSR count). The van der Waals surface area contributed by atoms with Gasteiger partial charge in [0.1, 0.15) is 11.6 Å². The van der Waals surface area contributed by atoms with Gasteiger partial charge < -0.3 is 5.11 Å². The summed E-state index contributed by atoms with van der Waals surface area (Å²) in [5.41, 5.74) is -0.854. The van der Waals surface area contributed by atoms with Gasteiger partial charge in [-0.3, -0.25) is 9.59 Å². The van der Waals surface area contributed by atoms with E-state index in [1.165, 1.54) is 0 Å². The highest BCUT2D eigenvalue weighted by atomic mass is 16.3. The van der Waals surface area contributed by atoms with E-state index in [0.717, 1.165) is 16.3 Å². The zero-order valence-corrected chi connectivity index (χ0v) is 13.0. The van der Waals surface area contributed by atoms with Crippen molar-refractivity contribution >= 4 is 22.3 Å². The maximum Gasteiger partial charge on any atom is 0.142 e. The van der Waals surface area contributed by atoms with Crippen LogP contribution in [-0.4, -0.2) is 22.3 Å². The molecule has 23 heavy (non-hydrogen) atoms. The van der Waals surface area contributed by atoms with E-state index in [9.17, 15) is 14.7 Å². The largest absolute Gasteiger partial charge is 0.388 e. The second-order valence-corrected chi connectivity index (χ2v) is 7.07. The van der Waals surface area contributed by atoms with E-state index in [4.69, 9.17) is 0 Å². The molecule has 0 spiro atoms. The van der Waals surface area contributed by atoms with Crippen molar-refractivity contribution in [2.75, 3.05) is 0 Å². The Balaban J connectivity index is 1.82. The number of ketones is 2. The molecule has 2 saturated carbocycles. The zero-order chi connectivity index (χ0) is 16.1. The number of aliphatic hydroxyl groups is 1. The molecule has 2 aromatic carbocycles. The molecule has 3 heteroatoms. The molecule has 3 nitrogen and oxygen atoms in total. The zero-order valence-electron chi connectivity index (χ0n) is 13.0. The normalized spacial score (nSPS) is 30.7. The molecule has 2 aliphatic rings. The molecule has 1 N–H and O–H groups in total. The lowest BCUT2D eigenvalue weighted by molar-refractivity contribution is -0.151. The maximum atomic E-state index is 12.7. The molecular formula is C20H20O3. The third-order valence-electron chi connectivity index (χ3n) is 5.88. The van der Waals surface area contributed by atoms with E-state index < -0.39 is 11.0 Å². The van der Waals surface area contributed by atoms with Crippen LogP contribution in [0.4, 0.5) is 0 Å². The van der Waals surface area contributed by atoms with Crippen LogP contribution >= 0.6 is 0 Å². The van der Waals surface area contributed by atoms with E-state index in [0.29, 0.717) is 32.1 Å². The summed E-state index contributed by atoms with van der Waals surface area (Å²) in [5, 5.41) is 13.4. The standard InChI is InChI=1S/C20H20O3/c21-16-8-10-19(18(22)9-11-20(19,23)13-16)12-15-6-3-5-14-4-1-2-7-17(14)15/h1-7,23H,8-13H2/t19-,20-/m0/s1. The molecule has 0 saturated heterocycles. The minimum Gasteiger partial charge on any atom is -0.388 e. The quantitative estimate of drug-likeness (QED) is 0.927. The summed E-state index contributed by atoms with van der Waals surface area (Å²) in [5.74, 6) is 0.205. The smallest absolute Gasteiger partial charge is 0.142 e. The number of carbonyl (C=O) groups is 2. The lowest BCUT2D eigenvalue weighted by Gasteiger charge is -2.44. The van der Waals surface area contributed by atoms with Crippen LogP contribution in [0.5, 0.6) is 0 Å². The first-order valence-electron chi connectivity index (χ1n) is 8.28. The summed E-state index contributed by atoms with van der Waals surface area (Å²) >= 11 is 0. The molecule has 0 heterocycles. The highest BCUT2D eigenvalue weighted by molar-refractivity contribution is 5.94. The van der Waals surface area contributed by atoms with Crippen molar-refractivity contribution in [3.05, 3.63) is 48.0 Å². The topological polar surface area (TPSA) is 54.4 Å². The van der Waals surface area contributed by atoms with Crippen molar-refractivity contribution in [3.63, 3.8) is 0 Å². The van der Waals surface area contributed by atoms with Crippen LogP contribution in [0.25, 0.3) is 10.8 Å². The Morgan fingerprint density at radius 3 is 2.61 bits per heavy atom. The van der Waals surface area contributed by atoms with Crippen molar-refractivity contribution < 1.29 is 14.7 Å². The Morgan fingerprint density at radius 2 is 1.74 bits per heavy atom. The van der Waals surface area contributed by atoms with E-state index in [-0.39, 0.29) is 18.0 Å². The van der Waals surface area contributed by atoms with Gasteiger partial charge in [-0.2, -0.15) is 0 Å². The number of hydrogen-bond acceptors (Lipinski definition) is 3. The highest BCUT2D eigenvalue weighted by Gasteiger charge is 2.61. The molecular weight excluding hydrogens is 288 g/mol. The van der Waals surface area contributed by atoms with Crippen molar-refractivity contribution in [3.8, 4) is 0 Å². The Morgan fingerprint density at radius 1 is 0.957 bits per heavy atom. The fourth-order valence-electron chi connectivity index (χ4n) is 4.58. The number of rotatable bonds is 2. The number of Topliss-reactive ketones (excluding diaryl/α,β-unsaturated/α-hetero) is 2. The average molecular weight is 308 g/mol. The van der Waals surface area contributed by atoms with Crippen LogP contribution in [0.3, 0.4) is 0 Å². The molecule has 0 bridgehead atoms. The lowest BCUT2D eigenvalue weighted by Crippen LogP contribution is -2.53. The molecule has 0 unspecified atom stereocenters. The van der Waals surface area contributed by atoms with Crippen LogP contribution < -0.4 is 0 Å². The Bertz CT molecular complexity index is 804. The van der Waals surface area contributed by atoms with Gasteiger partial charge in [-0.25, -0.2) is 0 Å². The number of carbonyl (C=O) groups excluding carboxylic acids is 2. The summed E-state index contributed by atoms with van der Waals surface area (Å²) in [7, 11) is 0.